The van der Waals surface area contributed by atoms with Crippen molar-refractivity contribution < 1.29 is 9.47 Å². The monoisotopic (exact) mass is 227 g/mol. The van der Waals surface area contributed by atoms with Crippen molar-refractivity contribution in [3.05, 3.63) is 16.7 Å². The molecule has 3 nitrogen and oxygen atoms in total. The summed E-state index contributed by atoms with van der Waals surface area (Å²) in [7, 11) is 3.20. The van der Waals surface area contributed by atoms with Gasteiger partial charge in [0.1, 0.15) is 16.5 Å². The topological polar surface area (TPSA) is 44.5 Å². The molecule has 0 bridgehead atoms. The zero-order valence-corrected chi connectivity index (χ0v) is 9.60. The summed E-state index contributed by atoms with van der Waals surface area (Å²) in [6, 6.07) is 1.80. The fourth-order valence-corrected chi connectivity index (χ4v) is 1.99. The minimum atomic E-state index is 0.486. The Morgan fingerprint density at radius 1 is 1.27 bits per heavy atom. The Morgan fingerprint density at radius 3 is 2.33 bits per heavy atom. The quantitative estimate of drug-likeness (QED) is 0.808. The van der Waals surface area contributed by atoms with Gasteiger partial charge in [-0.05, 0) is 18.8 Å². The smallest absolute Gasteiger partial charge is 0.143 e. The van der Waals surface area contributed by atoms with Gasteiger partial charge in [0.2, 0.25) is 0 Å². The summed E-state index contributed by atoms with van der Waals surface area (Å²) < 4.78 is 10.4. The molecule has 1 aliphatic carbocycles. The summed E-state index contributed by atoms with van der Waals surface area (Å²) in [6.07, 6.45) is 2.31. The maximum absolute atomic E-state index is 6.09. The van der Waals surface area contributed by atoms with E-state index in [9.17, 15) is 0 Å². The van der Waals surface area contributed by atoms with Crippen LogP contribution in [0.2, 0.25) is 5.02 Å². The van der Waals surface area contributed by atoms with Crippen molar-refractivity contribution in [2.75, 3.05) is 20.0 Å². The predicted molar refractivity (Wildman–Crippen MR) is 60.9 cm³/mol. The zero-order valence-electron chi connectivity index (χ0n) is 8.84. The summed E-state index contributed by atoms with van der Waals surface area (Å²) in [5, 5.41) is 0.486. The molecule has 0 radical (unpaired) electrons. The van der Waals surface area contributed by atoms with Crippen molar-refractivity contribution in [2.45, 2.75) is 18.8 Å². The number of ether oxygens (including phenoxy) is 2. The second kappa shape index (κ2) is 3.81. The maximum Gasteiger partial charge on any atom is 0.143 e. The molecule has 4 heteroatoms. The van der Waals surface area contributed by atoms with Crippen LogP contribution in [0.5, 0.6) is 11.5 Å². The predicted octanol–water partition coefficient (Wildman–Crippen LogP) is 2.82. The first kappa shape index (κ1) is 10.4. The van der Waals surface area contributed by atoms with Crippen LogP contribution in [-0.2, 0) is 0 Å². The highest BCUT2D eigenvalue weighted by Gasteiger charge is 2.31. The number of methoxy groups -OCH3 is 2. The first-order valence-electron chi connectivity index (χ1n) is 4.88. The molecule has 1 aromatic rings. The largest absolute Gasteiger partial charge is 0.496 e. The van der Waals surface area contributed by atoms with Crippen LogP contribution in [0.25, 0.3) is 0 Å². The number of nitrogen functional groups attached to an aromatic ring is 1. The van der Waals surface area contributed by atoms with E-state index in [1.165, 1.54) is 0 Å². The molecule has 0 atom stereocenters. The van der Waals surface area contributed by atoms with Gasteiger partial charge < -0.3 is 15.2 Å². The first-order valence-corrected chi connectivity index (χ1v) is 5.26. The lowest BCUT2D eigenvalue weighted by molar-refractivity contribution is 0.392. The highest BCUT2D eigenvalue weighted by molar-refractivity contribution is 6.34. The fraction of sp³-hybridized carbons (Fsp3) is 0.455. The molecule has 0 heterocycles. The van der Waals surface area contributed by atoms with E-state index in [4.69, 9.17) is 26.8 Å². The maximum atomic E-state index is 6.09. The van der Waals surface area contributed by atoms with Gasteiger partial charge in [-0.2, -0.15) is 0 Å². The number of halogens is 1. The number of anilines is 1. The normalized spacial score (nSPS) is 15.1. The average Bonchev–Trinajstić information content (AvgIpc) is 3.05. The molecule has 0 aliphatic heterocycles. The molecule has 0 saturated heterocycles. The van der Waals surface area contributed by atoms with E-state index in [0.29, 0.717) is 22.4 Å². The molecular formula is C11H14ClNO2. The molecule has 15 heavy (non-hydrogen) atoms. The van der Waals surface area contributed by atoms with Gasteiger partial charge in [0.05, 0.1) is 19.9 Å². The summed E-state index contributed by atoms with van der Waals surface area (Å²) in [4.78, 5) is 0. The third-order valence-electron chi connectivity index (χ3n) is 2.70. The molecule has 1 saturated carbocycles. The fourth-order valence-electron chi connectivity index (χ4n) is 1.75. The molecule has 0 amide bonds. The first-order chi connectivity index (χ1) is 7.19. The van der Waals surface area contributed by atoms with Gasteiger partial charge in [0.15, 0.2) is 0 Å². The Kier molecular flexibility index (Phi) is 2.65. The molecular weight excluding hydrogens is 214 g/mol. The van der Waals surface area contributed by atoms with Gasteiger partial charge in [-0.15, -0.1) is 0 Å². The SMILES string of the molecule is COc1cc(OC)c(C2CC2)c(N)c1Cl. The van der Waals surface area contributed by atoms with Crippen molar-refractivity contribution in [2.24, 2.45) is 0 Å². The van der Waals surface area contributed by atoms with E-state index in [1.807, 2.05) is 0 Å². The lowest BCUT2D eigenvalue weighted by Crippen LogP contribution is -2.00. The minimum Gasteiger partial charge on any atom is -0.496 e. The van der Waals surface area contributed by atoms with Crippen molar-refractivity contribution in [3.8, 4) is 11.5 Å². The van der Waals surface area contributed by atoms with Gasteiger partial charge >= 0.3 is 0 Å². The number of nitrogens with two attached hydrogens (primary N) is 1. The van der Waals surface area contributed by atoms with Gasteiger partial charge in [0.25, 0.3) is 0 Å². The summed E-state index contributed by atoms with van der Waals surface area (Å²) in [6.45, 7) is 0. The van der Waals surface area contributed by atoms with Crippen molar-refractivity contribution in [1.82, 2.24) is 0 Å². The van der Waals surface area contributed by atoms with Gasteiger partial charge in [-0.1, -0.05) is 11.6 Å². The number of hydrogen-bond donors (Lipinski definition) is 1. The van der Waals surface area contributed by atoms with E-state index < -0.39 is 0 Å². The van der Waals surface area contributed by atoms with Crippen LogP contribution in [-0.4, -0.2) is 14.2 Å². The van der Waals surface area contributed by atoms with Crippen LogP contribution in [0.3, 0.4) is 0 Å². The summed E-state index contributed by atoms with van der Waals surface area (Å²) in [5.74, 6) is 1.84. The van der Waals surface area contributed by atoms with Crippen LogP contribution in [0.1, 0.15) is 24.3 Å². The number of benzene rings is 1. The van der Waals surface area contributed by atoms with E-state index in [0.717, 1.165) is 24.2 Å². The Balaban J connectivity index is 2.56. The molecule has 2 N–H and O–H groups in total. The molecule has 0 aromatic heterocycles. The Bertz CT molecular complexity index is 389. The van der Waals surface area contributed by atoms with E-state index >= 15 is 0 Å². The highest BCUT2D eigenvalue weighted by Crippen LogP contribution is 2.51. The Labute approximate surface area is 94.1 Å². The van der Waals surface area contributed by atoms with Crippen LogP contribution in [0.15, 0.2) is 6.07 Å². The third-order valence-corrected chi connectivity index (χ3v) is 3.09. The second-order valence-corrected chi connectivity index (χ2v) is 4.07. The van der Waals surface area contributed by atoms with Gasteiger partial charge in [-0.25, -0.2) is 0 Å². The molecule has 0 unspecified atom stereocenters. The second-order valence-electron chi connectivity index (χ2n) is 3.70. The Hall–Kier alpha value is -1.09. The third kappa shape index (κ3) is 1.72. The minimum absolute atomic E-state index is 0.486. The van der Waals surface area contributed by atoms with Crippen LogP contribution < -0.4 is 15.2 Å². The Morgan fingerprint density at radius 2 is 1.87 bits per heavy atom. The van der Waals surface area contributed by atoms with Crippen molar-refractivity contribution in [3.63, 3.8) is 0 Å². The van der Waals surface area contributed by atoms with E-state index in [-0.39, 0.29) is 0 Å². The summed E-state index contributed by atoms with van der Waals surface area (Å²) >= 11 is 6.09. The molecule has 2 rings (SSSR count). The van der Waals surface area contributed by atoms with Crippen molar-refractivity contribution >= 4 is 17.3 Å². The highest BCUT2D eigenvalue weighted by atomic mass is 35.5. The molecule has 1 fully saturated rings. The van der Waals surface area contributed by atoms with Gasteiger partial charge in [0, 0.05) is 11.6 Å². The van der Waals surface area contributed by atoms with Crippen LogP contribution in [0.4, 0.5) is 5.69 Å². The molecule has 1 aliphatic rings. The standard InChI is InChI=1S/C11H14ClNO2/c1-14-7-5-8(15-2)10(12)11(13)9(7)6-3-4-6/h5-6H,3-4,13H2,1-2H3. The van der Waals surface area contributed by atoms with Crippen molar-refractivity contribution in [1.29, 1.82) is 0 Å². The number of rotatable bonds is 3. The lowest BCUT2D eigenvalue weighted by atomic mass is 10.1. The van der Waals surface area contributed by atoms with Crippen LogP contribution in [0, 0.1) is 0 Å². The molecule has 82 valence electrons. The average molecular weight is 228 g/mol. The van der Waals surface area contributed by atoms with Crippen LogP contribution >= 0.6 is 11.6 Å². The van der Waals surface area contributed by atoms with E-state index in [2.05, 4.69) is 0 Å². The zero-order chi connectivity index (χ0) is 11.0. The molecule has 0 spiro atoms. The molecule has 1 aromatic carbocycles. The van der Waals surface area contributed by atoms with E-state index in [1.54, 1.807) is 20.3 Å². The van der Waals surface area contributed by atoms with Gasteiger partial charge in [-0.3, -0.25) is 0 Å². The lowest BCUT2D eigenvalue weighted by Gasteiger charge is -2.14. The number of hydrogen-bond acceptors (Lipinski definition) is 3. The summed E-state index contributed by atoms with van der Waals surface area (Å²) in [5.41, 5.74) is 7.61.